The Balaban J connectivity index is 1.85. The number of benzene rings is 2. The highest BCUT2D eigenvalue weighted by Crippen LogP contribution is 2.23. The van der Waals surface area contributed by atoms with Gasteiger partial charge in [0.05, 0.1) is 30.9 Å². The predicted octanol–water partition coefficient (Wildman–Crippen LogP) is 2.47. The van der Waals surface area contributed by atoms with Crippen molar-refractivity contribution in [3.8, 4) is 17.9 Å². The molecule has 0 saturated heterocycles. The van der Waals surface area contributed by atoms with E-state index in [0.29, 0.717) is 35.6 Å². The number of anilines is 1. The number of nitriles is 1. The molecule has 8 heteroatoms. The lowest BCUT2D eigenvalue weighted by atomic mass is 10.00. The summed E-state index contributed by atoms with van der Waals surface area (Å²) in [6, 6.07) is 13.5. The molecule has 0 fully saturated rings. The van der Waals surface area contributed by atoms with Crippen LogP contribution >= 0.6 is 0 Å². The van der Waals surface area contributed by atoms with E-state index in [-0.39, 0.29) is 18.1 Å². The van der Waals surface area contributed by atoms with Crippen molar-refractivity contribution in [2.24, 2.45) is 5.73 Å². The fraction of sp³-hybridized carbons (Fsp3) is 0.280. The van der Waals surface area contributed by atoms with Crippen molar-refractivity contribution in [1.29, 1.82) is 5.26 Å². The summed E-state index contributed by atoms with van der Waals surface area (Å²) in [4.78, 5) is 20.1. The van der Waals surface area contributed by atoms with Crippen LogP contribution in [0.15, 0.2) is 47.4 Å². The van der Waals surface area contributed by atoms with E-state index in [1.165, 1.54) is 4.68 Å². The molecule has 0 bridgehead atoms. The number of hydrogen-bond donors (Lipinski definition) is 1. The summed E-state index contributed by atoms with van der Waals surface area (Å²) in [5.74, 6) is 6.56. The minimum Gasteiger partial charge on any atom is -0.344 e. The van der Waals surface area contributed by atoms with Crippen molar-refractivity contribution >= 4 is 27.8 Å². The number of nitrogens with zero attached hydrogens (tertiary/aromatic N) is 6. The molecule has 0 saturated carbocycles. The van der Waals surface area contributed by atoms with Gasteiger partial charge in [0.1, 0.15) is 11.0 Å². The fourth-order valence-electron chi connectivity index (χ4n) is 4.06. The molecule has 0 amide bonds. The van der Waals surface area contributed by atoms with Crippen LogP contribution in [0.4, 0.5) is 5.95 Å². The molecule has 0 aliphatic carbocycles. The highest BCUT2D eigenvalue weighted by Gasteiger charge is 2.19. The van der Waals surface area contributed by atoms with Gasteiger partial charge in [-0.05, 0) is 36.2 Å². The van der Waals surface area contributed by atoms with Crippen LogP contribution in [0.5, 0.6) is 0 Å². The third kappa shape index (κ3) is 4.17. The van der Waals surface area contributed by atoms with Gasteiger partial charge in [0.2, 0.25) is 5.95 Å². The summed E-state index contributed by atoms with van der Waals surface area (Å²) in [5.41, 5.74) is 8.22. The number of likely N-dealkylation sites (N-methyl/N-ethyl adjacent to an activating group) is 1. The normalized spacial score (nSPS) is 11.7. The molecule has 1 unspecified atom stereocenters. The second-order valence-corrected chi connectivity index (χ2v) is 8.05. The van der Waals surface area contributed by atoms with Gasteiger partial charge in [-0.15, -0.1) is 5.92 Å². The third-order valence-corrected chi connectivity index (χ3v) is 5.50. The minimum atomic E-state index is -0.244. The van der Waals surface area contributed by atoms with Gasteiger partial charge in [0.15, 0.2) is 0 Å². The molecule has 2 heterocycles. The number of aromatic nitrogens is 4. The van der Waals surface area contributed by atoms with Crippen LogP contribution in [0.25, 0.3) is 21.8 Å². The monoisotopic (exact) mass is 439 g/mol. The molecule has 2 aromatic carbocycles. The zero-order chi connectivity index (χ0) is 23.5. The van der Waals surface area contributed by atoms with Gasteiger partial charge >= 0.3 is 0 Å². The van der Waals surface area contributed by atoms with Gasteiger partial charge in [0, 0.05) is 19.6 Å². The molecule has 0 aliphatic rings. The Morgan fingerprint density at radius 2 is 1.97 bits per heavy atom. The van der Waals surface area contributed by atoms with Gasteiger partial charge in [-0.3, -0.25) is 9.36 Å². The number of nitrogens with two attached hydrogens (primary N) is 1. The number of rotatable bonds is 6. The average Bonchev–Trinajstić information content (AvgIpc) is 3.18. The molecular formula is C25H25N7O. The largest absolute Gasteiger partial charge is 0.344 e. The van der Waals surface area contributed by atoms with Crippen LogP contribution in [0, 0.1) is 23.2 Å². The highest BCUT2D eigenvalue weighted by atomic mass is 16.1. The van der Waals surface area contributed by atoms with Crippen molar-refractivity contribution in [1.82, 2.24) is 19.3 Å². The summed E-state index contributed by atoms with van der Waals surface area (Å²) < 4.78 is 3.26. The highest BCUT2D eigenvalue weighted by molar-refractivity contribution is 5.90. The lowest BCUT2D eigenvalue weighted by Crippen LogP contribution is -2.34. The van der Waals surface area contributed by atoms with E-state index in [2.05, 4.69) is 28.0 Å². The van der Waals surface area contributed by atoms with Crippen LogP contribution in [0.2, 0.25) is 0 Å². The first-order valence-electron chi connectivity index (χ1n) is 10.7. The smallest absolute Gasteiger partial charge is 0.293 e. The van der Waals surface area contributed by atoms with Gasteiger partial charge in [-0.2, -0.15) is 10.4 Å². The first-order chi connectivity index (χ1) is 15.9. The summed E-state index contributed by atoms with van der Waals surface area (Å²) in [6.07, 6.45) is 1.61. The molecule has 2 aromatic heterocycles. The van der Waals surface area contributed by atoms with E-state index in [4.69, 9.17) is 5.73 Å². The molecule has 4 aromatic rings. The molecule has 0 spiro atoms. The average molecular weight is 440 g/mol. The second-order valence-electron chi connectivity index (χ2n) is 8.05. The van der Waals surface area contributed by atoms with Crippen molar-refractivity contribution in [3.05, 3.63) is 64.1 Å². The van der Waals surface area contributed by atoms with E-state index in [1.807, 2.05) is 53.8 Å². The van der Waals surface area contributed by atoms with E-state index in [0.717, 1.165) is 16.3 Å². The maximum absolute atomic E-state index is 13.5. The summed E-state index contributed by atoms with van der Waals surface area (Å²) >= 11 is 0. The van der Waals surface area contributed by atoms with E-state index < -0.39 is 0 Å². The maximum Gasteiger partial charge on any atom is 0.293 e. The Labute approximate surface area is 191 Å². The first kappa shape index (κ1) is 22.1. The number of fused-ring (bicyclic) bond motifs is 2. The van der Waals surface area contributed by atoms with E-state index in [1.54, 1.807) is 19.2 Å². The topological polar surface area (TPSA) is 106 Å². The van der Waals surface area contributed by atoms with E-state index >= 15 is 0 Å². The summed E-state index contributed by atoms with van der Waals surface area (Å²) in [6.45, 7) is 4.88. The Morgan fingerprint density at radius 1 is 1.21 bits per heavy atom. The SMILES string of the molecule is CC#CCn1c(N(C)CC(C)N)nc2cnn(Cc3ccc(C#N)c4ccccc34)c(=O)c21. The van der Waals surface area contributed by atoms with Crippen molar-refractivity contribution in [2.75, 3.05) is 18.5 Å². The maximum atomic E-state index is 13.5. The van der Waals surface area contributed by atoms with Crippen molar-refractivity contribution in [3.63, 3.8) is 0 Å². The number of hydrogen-bond acceptors (Lipinski definition) is 6. The molecule has 33 heavy (non-hydrogen) atoms. The lowest BCUT2D eigenvalue weighted by Gasteiger charge is -2.20. The molecule has 4 rings (SSSR count). The standard InChI is InChI=1S/C25H25N7O/c1-4-5-12-31-23-22(29-25(31)30(3)15-17(2)27)14-28-32(24(23)33)16-19-11-10-18(13-26)20-8-6-7-9-21(19)20/h6-11,14,17H,12,15-16,27H2,1-3H3. The molecule has 1 atom stereocenters. The summed E-state index contributed by atoms with van der Waals surface area (Å²) in [5, 5.41) is 15.6. The zero-order valence-corrected chi connectivity index (χ0v) is 18.9. The third-order valence-electron chi connectivity index (χ3n) is 5.50. The first-order valence-corrected chi connectivity index (χ1v) is 10.7. The van der Waals surface area contributed by atoms with Gasteiger partial charge in [-0.1, -0.05) is 36.3 Å². The predicted molar refractivity (Wildman–Crippen MR) is 130 cm³/mol. The van der Waals surface area contributed by atoms with Gasteiger partial charge < -0.3 is 10.6 Å². The van der Waals surface area contributed by atoms with Crippen LogP contribution in [0.3, 0.4) is 0 Å². The Kier molecular flexibility index (Phi) is 6.12. The Hall–Kier alpha value is -4.14. The van der Waals surface area contributed by atoms with E-state index in [9.17, 15) is 10.1 Å². The van der Waals surface area contributed by atoms with Crippen LogP contribution in [-0.2, 0) is 13.1 Å². The fourth-order valence-corrected chi connectivity index (χ4v) is 4.06. The van der Waals surface area contributed by atoms with Crippen molar-refractivity contribution < 1.29 is 0 Å². The molecule has 166 valence electrons. The molecular weight excluding hydrogens is 414 g/mol. The number of imidazole rings is 1. The molecule has 0 aliphatic heterocycles. The molecule has 2 N–H and O–H groups in total. The van der Waals surface area contributed by atoms with Gasteiger partial charge in [-0.25, -0.2) is 9.67 Å². The summed E-state index contributed by atoms with van der Waals surface area (Å²) in [7, 11) is 1.90. The lowest BCUT2D eigenvalue weighted by molar-refractivity contribution is 0.644. The molecule has 8 nitrogen and oxygen atoms in total. The molecule has 0 radical (unpaired) electrons. The zero-order valence-electron chi connectivity index (χ0n) is 18.9. The second kappa shape index (κ2) is 9.15. The Morgan fingerprint density at radius 3 is 2.67 bits per heavy atom. The Bertz CT molecular complexity index is 1490. The minimum absolute atomic E-state index is 0.0556. The quantitative estimate of drug-likeness (QED) is 0.463. The van der Waals surface area contributed by atoms with Crippen molar-refractivity contribution in [2.45, 2.75) is 33.0 Å². The van der Waals surface area contributed by atoms with Crippen LogP contribution < -0.4 is 16.2 Å². The van der Waals surface area contributed by atoms with Crippen LogP contribution in [-0.4, -0.2) is 39.0 Å². The van der Waals surface area contributed by atoms with Crippen LogP contribution in [0.1, 0.15) is 25.0 Å². The van der Waals surface area contributed by atoms with Gasteiger partial charge in [0.25, 0.3) is 5.56 Å².